The third kappa shape index (κ3) is 5.18. The van der Waals surface area contributed by atoms with Gasteiger partial charge in [0.25, 0.3) is 5.91 Å². The number of hydrogen-bond acceptors (Lipinski definition) is 2. The number of nitrogens with one attached hydrogen (secondary N) is 1. The molecule has 0 aliphatic carbocycles. The highest BCUT2D eigenvalue weighted by Gasteiger charge is 2.41. The number of carbonyl (C=O) groups is 2. The summed E-state index contributed by atoms with van der Waals surface area (Å²) < 4.78 is 0. The first-order chi connectivity index (χ1) is 13.9. The van der Waals surface area contributed by atoms with Crippen LogP contribution in [-0.2, 0) is 4.79 Å². The molecule has 29 heavy (non-hydrogen) atoms. The second-order valence-electron chi connectivity index (χ2n) is 8.26. The van der Waals surface area contributed by atoms with Crippen LogP contribution >= 0.6 is 11.6 Å². The maximum atomic E-state index is 13.1. The Balaban J connectivity index is 1.83. The Morgan fingerprint density at radius 2 is 1.90 bits per heavy atom. The zero-order valence-electron chi connectivity index (χ0n) is 17.3. The maximum Gasteiger partial charge on any atom is 0.253 e. The first-order valence-corrected chi connectivity index (χ1v) is 10.6. The number of likely N-dealkylation sites (tertiary alicyclic amines) is 1. The normalized spacial score (nSPS) is 18.9. The van der Waals surface area contributed by atoms with Gasteiger partial charge in [0.15, 0.2) is 0 Å². The van der Waals surface area contributed by atoms with Gasteiger partial charge in [-0.05, 0) is 48.6 Å². The van der Waals surface area contributed by atoms with Crippen LogP contribution in [0.5, 0.6) is 0 Å². The molecule has 0 spiro atoms. The van der Waals surface area contributed by atoms with E-state index in [2.05, 4.69) is 38.2 Å². The number of halogens is 1. The van der Waals surface area contributed by atoms with Crippen LogP contribution in [0.15, 0.2) is 48.5 Å². The van der Waals surface area contributed by atoms with Crippen LogP contribution in [-0.4, -0.2) is 36.3 Å². The molecule has 1 saturated heterocycles. The van der Waals surface area contributed by atoms with Gasteiger partial charge in [0.1, 0.15) is 0 Å². The number of amides is 2. The van der Waals surface area contributed by atoms with Crippen LogP contribution in [0.25, 0.3) is 0 Å². The Hall–Kier alpha value is -2.33. The summed E-state index contributed by atoms with van der Waals surface area (Å²) in [5.41, 5.74) is 2.84. The molecule has 1 N–H and O–H groups in total. The summed E-state index contributed by atoms with van der Waals surface area (Å²) in [7, 11) is 0. The summed E-state index contributed by atoms with van der Waals surface area (Å²) in [4.78, 5) is 27.9. The number of aryl methyl sites for hydroxylation is 1. The summed E-state index contributed by atoms with van der Waals surface area (Å²) in [5.74, 6) is 0.209. The molecule has 2 aromatic carbocycles. The largest absolute Gasteiger partial charge is 0.356 e. The molecular formula is C24H29ClN2O2. The van der Waals surface area contributed by atoms with Crippen LogP contribution in [0.1, 0.15) is 47.7 Å². The highest BCUT2D eigenvalue weighted by Crippen LogP contribution is 2.35. The summed E-state index contributed by atoms with van der Waals surface area (Å²) in [6.45, 7) is 7.95. The number of rotatable bonds is 6. The Labute approximate surface area is 178 Å². The van der Waals surface area contributed by atoms with Gasteiger partial charge in [0.2, 0.25) is 5.91 Å². The standard InChI is InChI=1S/C24H29ClN2O2/c1-16(2)11-12-26-23(28)22-15-27(24(29)18-8-6-9-19(25)13-18)14-21(22)20-10-5-4-7-17(20)3/h4-10,13,16,21-22H,11-12,14-15H2,1-3H3,(H,26,28). The van der Waals surface area contributed by atoms with Crippen LogP contribution in [0, 0.1) is 18.8 Å². The van der Waals surface area contributed by atoms with E-state index in [-0.39, 0.29) is 23.7 Å². The Bertz CT molecular complexity index is 881. The van der Waals surface area contributed by atoms with Gasteiger partial charge in [0.05, 0.1) is 5.92 Å². The van der Waals surface area contributed by atoms with Crippen molar-refractivity contribution in [2.75, 3.05) is 19.6 Å². The minimum atomic E-state index is -0.258. The van der Waals surface area contributed by atoms with E-state index >= 15 is 0 Å². The predicted molar refractivity (Wildman–Crippen MR) is 117 cm³/mol. The van der Waals surface area contributed by atoms with Crippen LogP contribution in [0.2, 0.25) is 5.02 Å². The number of benzene rings is 2. The van der Waals surface area contributed by atoms with Gasteiger partial charge >= 0.3 is 0 Å². The van der Waals surface area contributed by atoms with Crippen LogP contribution in [0.3, 0.4) is 0 Å². The molecule has 0 aromatic heterocycles. The van der Waals surface area contributed by atoms with Gasteiger partial charge in [-0.25, -0.2) is 0 Å². The molecule has 1 aliphatic rings. The van der Waals surface area contributed by atoms with Crippen molar-refractivity contribution in [1.29, 1.82) is 0 Å². The molecule has 154 valence electrons. The fraction of sp³-hybridized carbons (Fsp3) is 0.417. The maximum absolute atomic E-state index is 13.1. The molecule has 1 aliphatic heterocycles. The topological polar surface area (TPSA) is 49.4 Å². The van der Waals surface area contributed by atoms with Crippen molar-refractivity contribution < 1.29 is 9.59 Å². The zero-order valence-corrected chi connectivity index (χ0v) is 18.1. The van der Waals surface area contributed by atoms with Gasteiger partial charge in [-0.3, -0.25) is 9.59 Å². The second kappa shape index (κ2) is 9.45. The quantitative estimate of drug-likeness (QED) is 0.749. The molecule has 2 unspecified atom stereocenters. The van der Waals surface area contributed by atoms with Crippen molar-refractivity contribution in [3.05, 3.63) is 70.2 Å². The lowest BCUT2D eigenvalue weighted by Crippen LogP contribution is -2.36. The number of nitrogens with zero attached hydrogens (tertiary/aromatic N) is 1. The lowest BCUT2D eigenvalue weighted by molar-refractivity contribution is -0.124. The molecule has 0 saturated carbocycles. The van der Waals surface area contributed by atoms with Crippen molar-refractivity contribution in [3.8, 4) is 0 Å². The summed E-state index contributed by atoms with van der Waals surface area (Å²) in [5, 5.41) is 3.62. The van der Waals surface area contributed by atoms with E-state index in [1.807, 2.05) is 12.1 Å². The molecule has 4 nitrogen and oxygen atoms in total. The van der Waals surface area contributed by atoms with Gasteiger partial charge in [0, 0.05) is 36.1 Å². The Morgan fingerprint density at radius 3 is 2.59 bits per heavy atom. The van der Waals surface area contributed by atoms with Crippen molar-refractivity contribution in [1.82, 2.24) is 10.2 Å². The average Bonchev–Trinajstić information content (AvgIpc) is 3.12. The molecule has 2 atom stereocenters. The number of carbonyl (C=O) groups excluding carboxylic acids is 2. The smallest absolute Gasteiger partial charge is 0.253 e. The molecular weight excluding hydrogens is 384 g/mol. The SMILES string of the molecule is Cc1ccccc1C1CN(C(=O)c2cccc(Cl)c2)CC1C(=O)NCCC(C)C. The van der Waals surface area contributed by atoms with Gasteiger partial charge in [-0.15, -0.1) is 0 Å². The summed E-state index contributed by atoms with van der Waals surface area (Å²) in [6, 6.07) is 15.1. The minimum Gasteiger partial charge on any atom is -0.356 e. The Morgan fingerprint density at radius 1 is 1.14 bits per heavy atom. The zero-order chi connectivity index (χ0) is 21.0. The van der Waals surface area contributed by atoms with E-state index in [4.69, 9.17) is 11.6 Å². The molecule has 0 radical (unpaired) electrons. The molecule has 0 bridgehead atoms. The fourth-order valence-corrected chi connectivity index (χ4v) is 4.16. The van der Waals surface area contributed by atoms with E-state index < -0.39 is 0 Å². The molecule has 2 aromatic rings. The van der Waals surface area contributed by atoms with Gasteiger partial charge < -0.3 is 10.2 Å². The van der Waals surface area contributed by atoms with Gasteiger partial charge in [-0.2, -0.15) is 0 Å². The predicted octanol–water partition coefficient (Wildman–Crippen LogP) is 4.67. The van der Waals surface area contributed by atoms with E-state index in [0.717, 1.165) is 17.5 Å². The lowest BCUT2D eigenvalue weighted by Gasteiger charge is -2.20. The molecule has 5 heteroatoms. The monoisotopic (exact) mass is 412 g/mol. The highest BCUT2D eigenvalue weighted by molar-refractivity contribution is 6.30. The third-order valence-electron chi connectivity index (χ3n) is 5.62. The first kappa shape index (κ1) is 21.4. The van der Waals surface area contributed by atoms with Crippen molar-refractivity contribution in [3.63, 3.8) is 0 Å². The summed E-state index contributed by atoms with van der Waals surface area (Å²) >= 11 is 6.07. The van der Waals surface area contributed by atoms with E-state index in [1.165, 1.54) is 0 Å². The fourth-order valence-electron chi connectivity index (χ4n) is 3.97. The molecule has 1 fully saturated rings. The highest BCUT2D eigenvalue weighted by atomic mass is 35.5. The summed E-state index contributed by atoms with van der Waals surface area (Å²) in [6.07, 6.45) is 0.943. The average molecular weight is 413 g/mol. The van der Waals surface area contributed by atoms with E-state index in [0.29, 0.717) is 36.1 Å². The van der Waals surface area contributed by atoms with Crippen molar-refractivity contribution in [2.45, 2.75) is 33.1 Å². The molecule has 1 heterocycles. The van der Waals surface area contributed by atoms with Crippen LogP contribution in [0.4, 0.5) is 0 Å². The first-order valence-electron chi connectivity index (χ1n) is 10.2. The van der Waals surface area contributed by atoms with E-state index in [9.17, 15) is 9.59 Å². The van der Waals surface area contributed by atoms with Gasteiger partial charge in [-0.1, -0.05) is 55.8 Å². The number of hydrogen-bond donors (Lipinski definition) is 1. The minimum absolute atomic E-state index is 0.0154. The van der Waals surface area contributed by atoms with Crippen LogP contribution < -0.4 is 5.32 Å². The van der Waals surface area contributed by atoms with E-state index in [1.54, 1.807) is 29.2 Å². The molecule has 3 rings (SSSR count). The lowest BCUT2D eigenvalue weighted by atomic mass is 9.86. The Kier molecular flexibility index (Phi) is 6.96. The third-order valence-corrected chi connectivity index (χ3v) is 5.86. The molecule has 2 amide bonds. The van der Waals surface area contributed by atoms with Crippen molar-refractivity contribution in [2.24, 2.45) is 11.8 Å². The van der Waals surface area contributed by atoms with Crippen molar-refractivity contribution >= 4 is 23.4 Å². The second-order valence-corrected chi connectivity index (χ2v) is 8.70.